The van der Waals surface area contributed by atoms with Crippen LogP contribution in [0.4, 0.5) is 5.82 Å². The Labute approximate surface area is 139 Å². The van der Waals surface area contributed by atoms with E-state index in [1.165, 1.54) is 25.4 Å². The third-order valence-corrected chi connectivity index (χ3v) is 2.96. The van der Waals surface area contributed by atoms with Crippen molar-refractivity contribution in [2.45, 2.75) is 6.92 Å². The summed E-state index contributed by atoms with van der Waals surface area (Å²) in [5, 5.41) is 2.58. The van der Waals surface area contributed by atoms with Crippen molar-refractivity contribution in [3.05, 3.63) is 48.2 Å². The number of pyridine rings is 1. The van der Waals surface area contributed by atoms with Gasteiger partial charge in [-0.25, -0.2) is 9.78 Å². The van der Waals surface area contributed by atoms with E-state index < -0.39 is 5.97 Å². The number of anilines is 1. The van der Waals surface area contributed by atoms with Crippen molar-refractivity contribution in [3.8, 4) is 11.5 Å². The van der Waals surface area contributed by atoms with Crippen LogP contribution in [0.2, 0.25) is 0 Å². The Morgan fingerprint density at radius 2 is 1.71 bits per heavy atom. The number of carbonyl (C=O) groups excluding carboxylic acids is 2. The molecule has 0 bridgehead atoms. The highest BCUT2D eigenvalue weighted by Crippen LogP contribution is 2.17. The van der Waals surface area contributed by atoms with E-state index in [2.05, 4.69) is 15.0 Å². The van der Waals surface area contributed by atoms with Gasteiger partial charge in [0.1, 0.15) is 17.3 Å². The third-order valence-electron chi connectivity index (χ3n) is 2.96. The topological polar surface area (TPSA) is 86.8 Å². The second-order valence-corrected chi connectivity index (χ2v) is 4.66. The first-order chi connectivity index (χ1) is 11.6. The standard InChI is InChI=1S/C17H18N2O5/c1-3-23-13-5-7-14(8-6-13)24-11-16(20)19-15-9-4-12(10-18-15)17(21)22-2/h4-10H,3,11H2,1-2H3,(H,18,19,20). The Morgan fingerprint density at radius 1 is 1.04 bits per heavy atom. The number of nitrogens with one attached hydrogen (secondary N) is 1. The van der Waals surface area contributed by atoms with E-state index in [9.17, 15) is 9.59 Å². The van der Waals surface area contributed by atoms with Gasteiger partial charge >= 0.3 is 5.97 Å². The van der Waals surface area contributed by atoms with Gasteiger partial charge in [-0.15, -0.1) is 0 Å². The van der Waals surface area contributed by atoms with Crippen molar-refractivity contribution in [3.63, 3.8) is 0 Å². The van der Waals surface area contributed by atoms with Gasteiger partial charge in [0.2, 0.25) is 0 Å². The lowest BCUT2D eigenvalue weighted by Crippen LogP contribution is -2.20. The molecule has 0 saturated carbocycles. The van der Waals surface area contributed by atoms with Gasteiger partial charge in [0, 0.05) is 6.20 Å². The molecular weight excluding hydrogens is 312 g/mol. The summed E-state index contributed by atoms with van der Waals surface area (Å²) in [5.74, 6) is 0.774. The molecule has 24 heavy (non-hydrogen) atoms. The quantitative estimate of drug-likeness (QED) is 0.784. The van der Waals surface area contributed by atoms with Crippen molar-refractivity contribution in [2.75, 3.05) is 25.6 Å². The SMILES string of the molecule is CCOc1ccc(OCC(=O)Nc2ccc(C(=O)OC)cn2)cc1. The summed E-state index contributed by atoms with van der Waals surface area (Å²) in [6.07, 6.45) is 1.33. The van der Waals surface area contributed by atoms with Crippen LogP contribution in [0.15, 0.2) is 42.6 Å². The minimum Gasteiger partial charge on any atom is -0.494 e. The molecule has 0 spiro atoms. The van der Waals surface area contributed by atoms with E-state index in [1.807, 2.05) is 6.92 Å². The molecule has 0 aliphatic heterocycles. The largest absolute Gasteiger partial charge is 0.494 e. The number of esters is 1. The van der Waals surface area contributed by atoms with Crippen LogP contribution >= 0.6 is 0 Å². The molecule has 2 rings (SSSR count). The summed E-state index contributed by atoms with van der Waals surface area (Å²) in [7, 11) is 1.29. The number of benzene rings is 1. The Morgan fingerprint density at radius 3 is 2.25 bits per heavy atom. The number of methoxy groups -OCH3 is 1. The minimum atomic E-state index is -0.487. The number of carbonyl (C=O) groups is 2. The van der Waals surface area contributed by atoms with Gasteiger partial charge in [-0.1, -0.05) is 0 Å². The van der Waals surface area contributed by atoms with Crippen molar-refractivity contribution < 1.29 is 23.8 Å². The van der Waals surface area contributed by atoms with Crippen molar-refractivity contribution in [2.24, 2.45) is 0 Å². The van der Waals surface area contributed by atoms with Crippen LogP contribution in [0.1, 0.15) is 17.3 Å². The highest BCUT2D eigenvalue weighted by molar-refractivity contribution is 5.92. The number of rotatable bonds is 7. The number of ether oxygens (including phenoxy) is 3. The van der Waals surface area contributed by atoms with Crippen molar-refractivity contribution >= 4 is 17.7 Å². The van der Waals surface area contributed by atoms with Gasteiger partial charge in [0.25, 0.3) is 5.91 Å². The number of aromatic nitrogens is 1. The van der Waals surface area contributed by atoms with Crippen molar-refractivity contribution in [1.29, 1.82) is 0 Å². The molecule has 7 heteroatoms. The average Bonchev–Trinajstić information content (AvgIpc) is 2.61. The fraction of sp³-hybridized carbons (Fsp3) is 0.235. The molecule has 126 valence electrons. The monoisotopic (exact) mass is 330 g/mol. The summed E-state index contributed by atoms with van der Waals surface area (Å²) >= 11 is 0. The molecule has 2 aromatic rings. The highest BCUT2D eigenvalue weighted by atomic mass is 16.5. The molecule has 0 atom stereocenters. The zero-order chi connectivity index (χ0) is 17.4. The lowest BCUT2D eigenvalue weighted by molar-refractivity contribution is -0.118. The predicted octanol–water partition coefficient (Wildman–Crippen LogP) is 2.28. The Bertz CT molecular complexity index is 683. The fourth-order valence-electron chi connectivity index (χ4n) is 1.83. The van der Waals surface area contributed by atoms with Crippen LogP contribution in [0.3, 0.4) is 0 Å². The lowest BCUT2D eigenvalue weighted by atomic mass is 10.3. The van der Waals surface area contributed by atoms with E-state index in [4.69, 9.17) is 9.47 Å². The predicted molar refractivity (Wildman–Crippen MR) is 87.3 cm³/mol. The van der Waals surface area contributed by atoms with E-state index in [-0.39, 0.29) is 12.5 Å². The van der Waals surface area contributed by atoms with Crippen LogP contribution in [-0.2, 0) is 9.53 Å². The fourth-order valence-corrected chi connectivity index (χ4v) is 1.83. The molecule has 0 aliphatic rings. The van der Waals surface area contributed by atoms with Gasteiger partial charge < -0.3 is 19.5 Å². The maximum absolute atomic E-state index is 11.8. The maximum atomic E-state index is 11.8. The van der Waals surface area contributed by atoms with Crippen LogP contribution in [-0.4, -0.2) is 37.2 Å². The van der Waals surface area contributed by atoms with Gasteiger partial charge in [-0.3, -0.25) is 4.79 Å². The first kappa shape index (κ1) is 17.3. The maximum Gasteiger partial charge on any atom is 0.339 e. The number of nitrogens with zero attached hydrogens (tertiary/aromatic N) is 1. The summed E-state index contributed by atoms with van der Waals surface area (Å²) in [6.45, 7) is 2.33. The molecule has 0 aliphatic carbocycles. The number of hydrogen-bond donors (Lipinski definition) is 1. The molecule has 1 aromatic carbocycles. The van der Waals surface area contributed by atoms with Gasteiger partial charge in [0.15, 0.2) is 6.61 Å². The molecule has 1 amide bonds. The molecule has 1 aromatic heterocycles. The average molecular weight is 330 g/mol. The molecular formula is C17H18N2O5. The van der Waals surface area contributed by atoms with Crippen LogP contribution in [0.25, 0.3) is 0 Å². The van der Waals surface area contributed by atoms with E-state index in [1.54, 1.807) is 24.3 Å². The zero-order valence-electron chi connectivity index (χ0n) is 13.4. The van der Waals surface area contributed by atoms with E-state index >= 15 is 0 Å². The van der Waals surface area contributed by atoms with Gasteiger partial charge in [0.05, 0.1) is 19.3 Å². The number of hydrogen-bond acceptors (Lipinski definition) is 6. The van der Waals surface area contributed by atoms with E-state index in [0.29, 0.717) is 23.7 Å². The molecule has 0 fully saturated rings. The smallest absolute Gasteiger partial charge is 0.339 e. The van der Waals surface area contributed by atoms with Crippen LogP contribution in [0.5, 0.6) is 11.5 Å². The molecule has 0 unspecified atom stereocenters. The number of amides is 1. The zero-order valence-corrected chi connectivity index (χ0v) is 13.4. The first-order valence-corrected chi connectivity index (χ1v) is 7.32. The Kier molecular flexibility index (Phi) is 6.13. The first-order valence-electron chi connectivity index (χ1n) is 7.32. The minimum absolute atomic E-state index is 0.158. The van der Waals surface area contributed by atoms with Crippen LogP contribution in [0, 0.1) is 0 Å². The third kappa shape index (κ3) is 4.98. The van der Waals surface area contributed by atoms with Gasteiger partial charge in [-0.05, 0) is 43.3 Å². The van der Waals surface area contributed by atoms with Crippen molar-refractivity contribution in [1.82, 2.24) is 4.98 Å². The summed E-state index contributed by atoms with van der Waals surface area (Å²) < 4.78 is 15.3. The molecule has 7 nitrogen and oxygen atoms in total. The second-order valence-electron chi connectivity index (χ2n) is 4.66. The Balaban J connectivity index is 1.83. The van der Waals surface area contributed by atoms with Crippen LogP contribution < -0.4 is 14.8 Å². The highest BCUT2D eigenvalue weighted by Gasteiger charge is 2.08. The summed E-state index contributed by atoms with van der Waals surface area (Å²) in [4.78, 5) is 27.1. The molecule has 0 saturated heterocycles. The lowest BCUT2D eigenvalue weighted by Gasteiger charge is -2.08. The molecule has 0 radical (unpaired) electrons. The summed E-state index contributed by atoms with van der Waals surface area (Å²) in [5.41, 5.74) is 0.307. The normalized spacial score (nSPS) is 9.92. The summed E-state index contributed by atoms with van der Waals surface area (Å²) in [6, 6.07) is 10.0. The molecule has 1 heterocycles. The molecule has 1 N–H and O–H groups in total. The van der Waals surface area contributed by atoms with Gasteiger partial charge in [-0.2, -0.15) is 0 Å². The second kappa shape index (κ2) is 8.52. The van der Waals surface area contributed by atoms with E-state index in [0.717, 1.165) is 5.75 Å². The Hall–Kier alpha value is -3.09.